The molecule has 1 saturated heterocycles. The number of H-pyrrole nitrogens is 2. The van der Waals surface area contributed by atoms with Gasteiger partial charge in [0.05, 0.1) is 12.6 Å². The molecule has 0 aliphatic carbocycles. The molecule has 0 bridgehead atoms. The zero-order valence-electron chi connectivity index (χ0n) is 16.0. The van der Waals surface area contributed by atoms with E-state index in [4.69, 9.17) is 0 Å². The zero-order valence-corrected chi connectivity index (χ0v) is 16.0. The van der Waals surface area contributed by atoms with E-state index in [9.17, 15) is 14.7 Å². The van der Waals surface area contributed by atoms with E-state index in [0.29, 0.717) is 44.0 Å². The second-order valence-corrected chi connectivity index (χ2v) is 7.82. The van der Waals surface area contributed by atoms with E-state index in [1.54, 1.807) is 9.80 Å². The molecule has 150 valence electrons. The molecule has 2 aromatic heterocycles. The van der Waals surface area contributed by atoms with Crippen molar-refractivity contribution in [2.24, 2.45) is 0 Å². The monoisotopic (exact) mass is 393 g/mol. The van der Waals surface area contributed by atoms with Crippen LogP contribution in [0.5, 0.6) is 0 Å². The molecule has 3 aromatic rings. The molecule has 8 nitrogen and oxygen atoms in total. The van der Waals surface area contributed by atoms with Crippen molar-refractivity contribution < 1.29 is 14.7 Å². The number of likely N-dealkylation sites (tertiary alicyclic amines) is 1. The molecule has 2 amide bonds. The predicted octanol–water partition coefficient (Wildman–Crippen LogP) is 1.69. The molecule has 0 saturated carbocycles. The first-order chi connectivity index (χ1) is 14.1. The van der Waals surface area contributed by atoms with Crippen molar-refractivity contribution in [3.8, 4) is 0 Å². The first-order valence-electron chi connectivity index (χ1n) is 10.0. The van der Waals surface area contributed by atoms with Crippen LogP contribution in [0.25, 0.3) is 10.9 Å². The van der Waals surface area contributed by atoms with Gasteiger partial charge in [0.15, 0.2) is 5.69 Å². The Labute approximate surface area is 167 Å². The van der Waals surface area contributed by atoms with E-state index in [1.807, 2.05) is 30.3 Å². The first kappa shape index (κ1) is 17.9. The molecule has 4 heterocycles. The Morgan fingerprint density at radius 1 is 1.14 bits per heavy atom. The van der Waals surface area contributed by atoms with Gasteiger partial charge in [0, 0.05) is 48.2 Å². The summed E-state index contributed by atoms with van der Waals surface area (Å²) in [5.41, 5.74) is 3.53. The minimum absolute atomic E-state index is 0.0835. The van der Waals surface area contributed by atoms with Gasteiger partial charge in [-0.3, -0.25) is 14.7 Å². The van der Waals surface area contributed by atoms with Crippen molar-refractivity contribution in [1.82, 2.24) is 25.0 Å². The van der Waals surface area contributed by atoms with Crippen LogP contribution in [0.2, 0.25) is 0 Å². The molecule has 2 aliphatic heterocycles. The number of piperidine rings is 1. The van der Waals surface area contributed by atoms with Crippen LogP contribution in [-0.4, -0.2) is 67.6 Å². The molecule has 1 atom stereocenters. The summed E-state index contributed by atoms with van der Waals surface area (Å²) in [4.78, 5) is 32.6. The average Bonchev–Trinajstić information content (AvgIpc) is 3.36. The van der Waals surface area contributed by atoms with Crippen molar-refractivity contribution in [2.75, 3.05) is 19.6 Å². The molecular formula is C21H23N5O3. The maximum atomic E-state index is 13.1. The number of carbonyl (C=O) groups is 2. The molecule has 8 heteroatoms. The van der Waals surface area contributed by atoms with Crippen molar-refractivity contribution in [1.29, 1.82) is 0 Å². The fourth-order valence-electron chi connectivity index (χ4n) is 4.29. The van der Waals surface area contributed by atoms with Crippen molar-refractivity contribution >= 4 is 22.7 Å². The van der Waals surface area contributed by atoms with Crippen LogP contribution in [0.4, 0.5) is 0 Å². The highest BCUT2D eigenvalue weighted by atomic mass is 16.3. The fraction of sp³-hybridized carbons (Fsp3) is 0.381. The number of rotatable bonds is 2. The Bertz CT molecular complexity index is 1050. The molecule has 3 N–H and O–H groups in total. The molecule has 1 aromatic carbocycles. The summed E-state index contributed by atoms with van der Waals surface area (Å²) in [7, 11) is 0. The summed E-state index contributed by atoms with van der Waals surface area (Å²) in [6.07, 6.45) is 1.65. The Kier molecular flexibility index (Phi) is 4.35. The van der Waals surface area contributed by atoms with Gasteiger partial charge in [-0.05, 0) is 25.0 Å². The Morgan fingerprint density at radius 2 is 2.00 bits per heavy atom. The number of carbonyl (C=O) groups excluding carboxylic acids is 2. The summed E-state index contributed by atoms with van der Waals surface area (Å²) in [6.45, 7) is 1.87. The minimum atomic E-state index is -0.484. The van der Waals surface area contributed by atoms with Gasteiger partial charge < -0.3 is 19.9 Å². The van der Waals surface area contributed by atoms with Crippen LogP contribution in [0.3, 0.4) is 0 Å². The Morgan fingerprint density at radius 3 is 2.83 bits per heavy atom. The fourth-order valence-corrected chi connectivity index (χ4v) is 4.29. The highest BCUT2D eigenvalue weighted by molar-refractivity contribution is 5.98. The van der Waals surface area contributed by atoms with Crippen molar-refractivity contribution in [2.45, 2.75) is 31.9 Å². The maximum Gasteiger partial charge on any atom is 0.274 e. The SMILES string of the molecule is O=C(c1cc2ccccc2[nH]1)N1CCc2[nH]nc(C(=O)N3CCC[C@@H](O)C3)c2C1. The number of fused-ring (bicyclic) bond motifs is 2. The molecule has 29 heavy (non-hydrogen) atoms. The van der Waals surface area contributed by atoms with Crippen LogP contribution in [0.15, 0.2) is 30.3 Å². The van der Waals surface area contributed by atoms with Gasteiger partial charge in [-0.2, -0.15) is 5.10 Å². The van der Waals surface area contributed by atoms with E-state index in [1.165, 1.54) is 0 Å². The standard InChI is InChI=1S/C21H23N5O3/c27-14-5-3-8-25(11-14)21(29)19-15-12-26(9-7-17(15)23-24-19)20(28)18-10-13-4-1-2-6-16(13)22-18/h1-2,4,6,10,14,22,27H,3,5,7-9,11-12H2,(H,23,24)/t14-/m1/s1. The van der Waals surface area contributed by atoms with Crippen molar-refractivity contribution in [3.05, 3.63) is 53.0 Å². The van der Waals surface area contributed by atoms with Crippen molar-refractivity contribution in [3.63, 3.8) is 0 Å². The topological polar surface area (TPSA) is 105 Å². The third-order valence-electron chi connectivity index (χ3n) is 5.87. The van der Waals surface area contributed by atoms with Crippen LogP contribution < -0.4 is 0 Å². The number of nitrogens with zero attached hydrogens (tertiary/aromatic N) is 3. The average molecular weight is 393 g/mol. The molecular weight excluding hydrogens is 370 g/mol. The molecule has 5 rings (SSSR count). The smallest absolute Gasteiger partial charge is 0.274 e. The van der Waals surface area contributed by atoms with Gasteiger partial charge in [0.1, 0.15) is 5.69 Å². The second kappa shape index (κ2) is 7.04. The summed E-state index contributed by atoms with van der Waals surface area (Å²) in [5.74, 6) is -0.263. The molecule has 0 unspecified atom stereocenters. The summed E-state index contributed by atoms with van der Waals surface area (Å²) >= 11 is 0. The number of nitrogens with one attached hydrogen (secondary N) is 2. The number of β-amino-alcohol motifs (C(OH)–C–C–N with tert-alkyl or cyclic N) is 1. The van der Waals surface area contributed by atoms with Crippen LogP contribution in [0.1, 0.15) is 45.1 Å². The highest BCUT2D eigenvalue weighted by Gasteiger charge is 2.32. The molecule has 0 radical (unpaired) electrons. The van der Waals surface area contributed by atoms with Crippen LogP contribution in [-0.2, 0) is 13.0 Å². The van der Waals surface area contributed by atoms with Gasteiger partial charge in [-0.15, -0.1) is 0 Å². The van der Waals surface area contributed by atoms with E-state index in [-0.39, 0.29) is 11.8 Å². The Balaban J connectivity index is 1.38. The number of aliphatic hydroxyl groups is 1. The molecule has 2 aliphatic rings. The quantitative estimate of drug-likeness (QED) is 0.616. The lowest BCUT2D eigenvalue weighted by molar-refractivity contribution is 0.0466. The number of aromatic nitrogens is 3. The third kappa shape index (κ3) is 3.19. The second-order valence-electron chi connectivity index (χ2n) is 7.82. The number of aromatic amines is 2. The number of aliphatic hydroxyl groups excluding tert-OH is 1. The lowest BCUT2D eigenvalue weighted by Crippen LogP contribution is -2.43. The van der Waals surface area contributed by atoms with E-state index in [2.05, 4.69) is 15.2 Å². The largest absolute Gasteiger partial charge is 0.391 e. The first-order valence-corrected chi connectivity index (χ1v) is 10.0. The molecule has 1 fully saturated rings. The van der Waals surface area contributed by atoms with Gasteiger partial charge in [0.25, 0.3) is 11.8 Å². The summed E-state index contributed by atoms with van der Waals surface area (Å²) < 4.78 is 0. The van der Waals surface area contributed by atoms with Gasteiger partial charge >= 0.3 is 0 Å². The van der Waals surface area contributed by atoms with E-state index >= 15 is 0 Å². The lowest BCUT2D eigenvalue weighted by atomic mass is 10.0. The Hall–Kier alpha value is -3.13. The van der Waals surface area contributed by atoms with Crippen LogP contribution >= 0.6 is 0 Å². The number of hydrogen-bond donors (Lipinski definition) is 3. The predicted molar refractivity (Wildman–Crippen MR) is 106 cm³/mol. The minimum Gasteiger partial charge on any atom is -0.391 e. The number of amides is 2. The normalized spacial score (nSPS) is 19.4. The summed E-state index contributed by atoms with van der Waals surface area (Å²) in [6, 6.07) is 9.65. The third-order valence-corrected chi connectivity index (χ3v) is 5.87. The number of para-hydroxylation sites is 1. The van der Waals surface area contributed by atoms with E-state index in [0.717, 1.165) is 35.0 Å². The number of benzene rings is 1. The lowest BCUT2D eigenvalue weighted by Gasteiger charge is -2.31. The van der Waals surface area contributed by atoms with E-state index < -0.39 is 6.10 Å². The zero-order chi connectivity index (χ0) is 20.0. The van der Waals surface area contributed by atoms with Gasteiger partial charge in [-0.25, -0.2) is 0 Å². The van der Waals surface area contributed by atoms with Gasteiger partial charge in [-0.1, -0.05) is 18.2 Å². The molecule has 0 spiro atoms. The maximum absolute atomic E-state index is 13.1. The summed E-state index contributed by atoms with van der Waals surface area (Å²) in [5, 5.41) is 18.1. The van der Waals surface area contributed by atoms with Gasteiger partial charge in [0.2, 0.25) is 0 Å². The number of hydrogen-bond acceptors (Lipinski definition) is 4. The van der Waals surface area contributed by atoms with Crippen LogP contribution in [0, 0.1) is 0 Å². The highest BCUT2D eigenvalue weighted by Crippen LogP contribution is 2.25.